The Hall–Kier alpha value is -1.75. The van der Waals surface area contributed by atoms with Crippen LogP contribution >= 0.6 is 11.3 Å². The van der Waals surface area contributed by atoms with E-state index in [1.165, 1.54) is 0 Å². The first-order valence-corrected chi connectivity index (χ1v) is 8.15. The molecule has 0 aliphatic heterocycles. The minimum Gasteiger partial charge on any atom is -0.356 e. The van der Waals surface area contributed by atoms with Gasteiger partial charge in [-0.3, -0.25) is 9.78 Å². The predicted octanol–water partition coefficient (Wildman–Crippen LogP) is 3.30. The number of amides is 1. The quantitative estimate of drug-likeness (QED) is 0.854. The number of pyridine rings is 1. The number of hydrogen-bond donors (Lipinski definition) is 1. The maximum absolute atomic E-state index is 11.7. The van der Waals surface area contributed by atoms with E-state index in [4.69, 9.17) is 0 Å². The second-order valence-corrected chi connectivity index (χ2v) is 6.32. The van der Waals surface area contributed by atoms with Crippen molar-refractivity contribution in [2.45, 2.75) is 33.1 Å². The van der Waals surface area contributed by atoms with E-state index in [9.17, 15) is 4.79 Å². The Labute approximate surface area is 129 Å². The molecule has 0 atom stereocenters. The minimum atomic E-state index is 0.102. The molecule has 1 amide bonds. The lowest BCUT2D eigenvalue weighted by molar-refractivity contribution is -0.121. The largest absolute Gasteiger partial charge is 0.356 e. The lowest BCUT2D eigenvalue weighted by atomic mass is 10.1. The van der Waals surface area contributed by atoms with Crippen LogP contribution in [0.1, 0.15) is 31.7 Å². The first kappa shape index (κ1) is 15.6. The number of rotatable bonds is 7. The van der Waals surface area contributed by atoms with E-state index in [-0.39, 0.29) is 5.91 Å². The highest BCUT2D eigenvalue weighted by atomic mass is 32.1. The van der Waals surface area contributed by atoms with E-state index in [0.29, 0.717) is 18.8 Å². The molecule has 0 aliphatic carbocycles. The molecule has 5 heteroatoms. The number of nitrogens with one attached hydrogen (secondary N) is 1. The predicted molar refractivity (Wildman–Crippen MR) is 86.1 cm³/mol. The lowest BCUT2D eigenvalue weighted by Crippen LogP contribution is -2.25. The zero-order valence-electron chi connectivity index (χ0n) is 12.5. The van der Waals surface area contributed by atoms with Gasteiger partial charge in [-0.2, -0.15) is 0 Å². The molecule has 0 saturated heterocycles. The molecule has 1 N–H and O–H groups in total. The summed E-state index contributed by atoms with van der Waals surface area (Å²) in [6, 6.07) is 5.78. The molecule has 0 aliphatic rings. The zero-order valence-corrected chi connectivity index (χ0v) is 13.3. The summed E-state index contributed by atoms with van der Waals surface area (Å²) in [6.07, 6.45) is 3.96. The van der Waals surface area contributed by atoms with E-state index in [0.717, 1.165) is 29.4 Å². The molecule has 2 aromatic heterocycles. The fourth-order valence-electron chi connectivity index (χ4n) is 1.87. The maximum Gasteiger partial charge on any atom is 0.220 e. The number of hydrogen-bond acceptors (Lipinski definition) is 4. The lowest BCUT2D eigenvalue weighted by Gasteiger charge is -2.06. The van der Waals surface area contributed by atoms with Gasteiger partial charge in [0.25, 0.3) is 0 Å². The van der Waals surface area contributed by atoms with Crippen LogP contribution in [0.15, 0.2) is 29.8 Å². The normalized spacial score (nSPS) is 10.8. The van der Waals surface area contributed by atoms with Gasteiger partial charge < -0.3 is 5.32 Å². The highest BCUT2D eigenvalue weighted by molar-refractivity contribution is 7.09. The first-order chi connectivity index (χ1) is 10.1. The van der Waals surface area contributed by atoms with Crippen molar-refractivity contribution in [3.63, 3.8) is 0 Å². The summed E-state index contributed by atoms with van der Waals surface area (Å²) in [5, 5.41) is 5.92. The summed E-state index contributed by atoms with van der Waals surface area (Å²) in [6.45, 7) is 5.06. The monoisotopic (exact) mass is 303 g/mol. The average molecular weight is 303 g/mol. The fourth-order valence-corrected chi connectivity index (χ4v) is 2.66. The molecular weight excluding hydrogens is 282 g/mol. The molecular formula is C16H21N3OS. The summed E-state index contributed by atoms with van der Waals surface area (Å²) >= 11 is 1.58. The van der Waals surface area contributed by atoms with Gasteiger partial charge in [0.1, 0.15) is 0 Å². The maximum atomic E-state index is 11.7. The Bertz CT molecular complexity index is 566. The smallest absolute Gasteiger partial charge is 0.220 e. The van der Waals surface area contributed by atoms with Gasteiger partial charge in [0, 0.05) is 31.0 Å². The highest BCUT2D eigenvalue weighted by Crippen LogP contribution is 2.20. The molecule has 0 saturated carbocycles. The third-order valence-corrected chi connectivity index (χ3v) is 4.00. The third-order valence-electron chi connectivity index (χ3n) is 3.09. The fraction of sp³-hybridized carbons (Fsp3) is 0.438. The summed E-state index contributed by atoms with van der Waals surface area (Å²) in [5.74, 6) is 0.718. The average Bonchev–Trinajstić information content (AvgIpc) is 2.94. The number of carbonyl (C=O) groups excluding carboxylic acids is 1. The summed E-state index contributed by atoms with van der Waals surface area (Å²) < 4.78 is 0. The van der Waals surface area contributed by atoms with Crippen LogP contribution in [0.3, 0.4) is 0 Å². The molecule has 0 aromatic carbocycles. The van der Waals surface area contributed by atoms with Gasteiger partial charge in [-0.1, -0.05) is 19.9 Å². The molecule has 0 radical (unpaired) electrons. The Morgan fingerprint density at radius 2 is 2.19 bits per heavy atom. The van der Waals surface area contributed by atoms with Gasteiger partial charge in [-0.15, -0.1) is 11.3 Å². The van der Waals surface area contributed by atoms with Crippen molar-refractivity contribution >= 4 is 17.2 Å². The van der Waals surface area contributed by atoms with E-state index in [2.05, 4.69) is 29.1 Å². The zero-order chi connectivity index (χ0) is 15.1. The Balaban J connectivity index is 1.79. The van der Waals surface area contributed by atoms with E-state index < -0.39 is 0 Å². The van der Waals surface area contributed by atoms with E-state index >= 15 is 0 Å². The van der Waals surface area contributed by atoms with Crippen LogP contribution in [-0.2, 0) is 11.2 Å². The second kappa shape index (κ2) is 7.88. The molecule has 2 heterocycles. The standard InChI is InChI=1S/C16H21N3OS/c1-12(2)8-10-18-15(20)6-7-16-19-14(11-21-16)13-5-3-4-9-17-13/h3-5,9,11-12H,6-8,10H2,1-2H3,(H,18,20). The number of aryl methyl sites for hydroxylation is 1. The van der Waals surface area contributed by atoms with Gasteiger partial charge >= 0.3 is 0 Å². The second-order valence-electron chi connectivity index (χ2n) is 5.37. The number of aromatic nitrogens is 2. The van der Waals surface area contributed by atoms with Crippen LogP contribution in [0.2, 0.25) is 0 Å². The molecule has 0 bridgehead atoms. The van der Waals surface area contributed by atoms with Crippen LogP contribution in [0.5, 0.6) is 0 Å². The van der Waals surface area contributed by atoms with Gasteiger partial charge in [0.15, 0.2) is 0 Å². The van der Waals surface area contributed by atoms with Crippen molar-refractivity contribution in [3.8, 4) is 11.4 Å². The SMILES string of the molecule is CC(C)CCNC(=O)CCc1nc(-c2ccccn2)cs1. The molecule has 0 unspecified atom stereocenters. The van der Waals surface area contributed by atoms with E-state index in [1.807, 2.05) is 23.6 Å². The van der Waals surface area contributed by atoms with Crippen LogP contribution in [0, 0.1) is 5.92 Å². The Kier molecular flexibility index (Phi) is 5.87. The number of nitrogens with zero attached hydrogens (tertiary/aromatic N) is 2. The van der Waals surface area contributed by atoms with Crippen molar-refractivity contribution in [1.82, 2.24) is 15.3 Å². The molecule has 4 nitrogen and oxygen atoms in total. The molecule has 0 fully saturated rings. The molecule has 21 heavy (non-hydrogen) atoms. The van der Waals surface area contributed by atoms with Crippen LogP contribution in [0.25, 0.3) is 11.4 Å². The van der Waals surface area contributed by atoms with Crippen LogP contribution in [-0.4, -0.2) is 22.4 Å². The van der Waals surface area contributed by atoms with Gasteiger partial charge in [-0.05, 0) is 24.5 Å². The first-order valence-electron chi connectivity index (χ1n) is 7.27. The highest BCUT2D eigenvalue weighted by Gasteiger charge is 2.08. The molecule has 0 spiro atoms. The summed E-state index contributed by atoms with van der Waals surface area (Å²) in [4.78, 5) is 20.5. The number of carbonyl (C=O) groups is 1. The van der Waals surface area contributed by atoms with E-state index in [1.54, 1.807) is 17.5 Å². The minimum absolute atomic E-state index is 0.102. The molecule has 112 valence electrons. The third kappa shape index (κ3) is 5.27. The van der Waals surface area contributed by atoms with Crippen molar-refractivity contribution in [3.05, 3.63) is 34.8 Å². The Morgan fingerprint density at radius 1 is 1.33 bits per heavy atom. The number of thiazole rings is 1. The van der Waals surface area contributed by atoms with Crippen molar-refractivity contribution in [1.29, 1.82) is 0 Å². The van der Waals surface area contributed by atoms with Gasteiger partial charge in [-0.25, -0.2) is 4.98 Å². The van der Waals surface area contributed by atoms with Gasteiger partial charge in [0.2, 0.25) is 5.91 Å². The van der Waals surface area contributed by atoms with Crippen molar-refractivity contribution in [2.24, 2.45) is 5.92 Å². The van der Waals surface area contributed by atoms with Gasteiger partial charge in [0.05, 0.1) is 16.4 Å². The summed E-state index contributed by atoms with van der Waals surface area (Å²) in [5.41, 5.74) is 1.76. The van der Waals surface area contributed by atoms with Crippen LogP contribution < -0.4 is 5.32 Å². The Morgan fingerprint density at radius 3 is 2.90 bits per heavy atom. The van der Waals surface area contributed by atoms with Crippen molar-refractivity contribution < 1.29 is 4.79 Å². The van der Waals surface area contributed by atoms with Crippen LogP contribution in [0.4, 0.5) is 0 Å². The topological polar surface area (TPSA) is 54.9 Å². The molecule has 2 rings (SSSR count). The molecule has 2 aromatic rings. The van der Waals surface area contributed by atoms with Crippen molar-refractivity contribution in [2.75, 3.05) is 6.54 Å². The summed E-state index contributed by atoms with van der Waals surface area (Å²) in [7, 11) is 0.